The monoisotopic (exact) mass is 220 g/mol. The Labute approximate surface area is 95.0 Å². The number of hydrogen-bond donors (Lipinski definition) is 1. The van der Waals surface area contributed by atoms with Crippen LogP contribution in [0, 0.1) is 0 Å². The van der Waals surface area contributed by atoms with Gasteiger partial charge in [-0.1, -0.05) is 0 Å². The molecule has 0 bridgehead atoms. The quantitative estimate of drug-likeness (QED) is 0.837. The van der Waals surface area contributed by atoms with Crippen LogP contribution in [0.3, 0.4) is 0 Å². The highest BCUT2D eigenvalue weighted by Gasteiger charge is 2.17. The smallest absolute Gasteiger partial charge is 0.248 e. The molecule has 2 rings (SSSR count). The Morgan fingerprint density at radius 1 is 1.38 bits per heavy atom. The van der Waals surface area contributed by atoms with E-state index < -0.39 is 5.91 Å². The Morgan fingerprint density at radius 2 is 2.06 bits per heavy atom. The van der Waals surface area contributed by atoms with Crippen LogP contribution < -0.4 is 15.4 Å². The molecule has 1 heterocycles. The number of nitrogens with two attached hydrogens (primary N) is 1. The summed E-state index contributed by atoms with van der Waals surface area (Å²) in [6.07, 6.45) is 2.42. The van der Waals surface area contributed by atoms with E-state index in [0.29, 0.717) is 5.56 Å². The molecule has 1 aromatic carbocycles. The number of rotatable bonds is 3. The first kappa shape index (κ1) is 10.8. The summed E-state index contributed by atoms with van der Waals surface area (Å²) in [4.78, 5) is 13.3. The number of methoxy groups -OCH3 is 1. The van der Waals surface area contributed by atoms with Crippen molar-refractivity contribution >= 4 is 11.6 Å². The predicted octanol–water partition coefficient (Wildman–Crippen LogP) is 1.39. The first-order valence-electron chi connectivity index (χ1n) is 5.45. The summed E-state index contributed by atoms with van der Waals surface area (Å²) >= 11 is 0. The van der Waals surface area contributed by atoms with Crippen molar-refractivity contribution in [3.05, 3.63) is 23.8 Å². The Kier molecular flexibility index (Phi) is 2.99. The van der Waals surface area contributed by atoms with E-state index in [9.17, 15) is 4.79 Å². The van der Waals surface area contributed by atoms with Crippen LogP contribution in [0.15, 0.2) is 18.2 Å². The van der Waals surface area contributed by atoms with Gasteiger partial charge in [0.25, 0.3) is 0 Å². The number of carbonyl (C=O) groups excluding carboxylic acids is 1. The van der Waals surface area contributed by atoms with Crippen LogP contribution in [0.25, 0.3) is 0 Å². The van der Waals surface area contributed by atoms with E-state index in [2.05, 4.69) is 4.90 Å². The number of primary amides is 1. The van der Waals surface area contributed by atoms with Gasteiger partial charge in [0.2, 0.25) is 5.91 Å². The summed E-state index contributed by atoms with van der Waals surface area (Å²) in [5, 5.41) is 0. The number of anilines is 1. The Morgan fingerprint density at radius 3 is 2.62 bits per heavy atom. The molecule has 0 aliphatic carbocycles. The maximum atomic E-state index is 11.1. The second kappa shape index (κ2) is 4.43. The lowest BCUT2D eigenvalue weighted by Crippen LogP contribution is -2.19. The molecule has 2 N–H and O–H groups in total. The van der Waals surface area contributed by atoms with Crippen molar-refractivity contribution in [2.45, 2.75) is 12.8 Å². The second-order valence-electron chi connectivity index (χ2n) is 3.95. The van der Waals surface area contributed by atoms with Gasteiger partial charge in [0, 0.05) is 18.7 Å². The van der Waals surface area contributed by atoms with Crippen LogP contribution in [-0.2, 0) is 0 Å². The van der Waals surface area contributed by atoms with Crippen molar-refractivity contribution < 1.29 is 9.53 Å². The fraction of sp³-hybridized carbons (Fsp3) is 0.417. The summed E-state index contributed by atoms with van der Waals surface area (Å²) in [5.41, 5.74) is 6.77. The van der Waals surface area contributed by atoms with Gasteiger partial charge in [0.1, 0.15) is 5.75 Å². The molecule has 0 spiro atoms. The lowest BCUT2D eigenvalue weighted by molar-refractivity contribution is 0.1000. The predicted molar refractivity (Wildman–Crippen MR) is 63.0 cm³/mol. The zero-order valence-corrected chi connectivity index (χ0v) is 9.40. The molecule has 16 heavy (non-hydrogen) atoms. The van der Waals surface area contributed by atoms with Gasteiger partial charge in [-0.3, -0.25) is 4.79 Å². The third-order valence-electron chi connectivity index (χ3n) is 2.91. The van der Waals surface area contributed by atoms with E-state index in [-0.39, 0.29) is 0 Å². The molecule has 0 radical (unpaired) electrons. The van der Waals surface area contributed by atoms with Crippen LogP contribution >= 0.6 is 0 Å². The maximum Gasteiger partial charge on any atom is 0.248 e. The van der Waals surface area contributed by atoms with Crippen molar-refractivity contribution in [2.75, 3.05) is 25.1 Å². The molecule has 0 atom stereocenters. The third-order valence-corrected chi connectivity index (χ3v) is 2.91. The standard InChI is InChI=1S/C12H16N2O2/c1-16-11-8-9(12(13)15)4-5-10(11)14-6-2-3-7-14/h4-5,8H,2-3,6-7H2,1H3,(H2,13,15). The molecular formula is C12H16N2O2. The Balaban J connectivity index is 2.34. The van der Waals surface area contributed by atoms with Crippen LogP contribution in [-0.4, -0.2) is 26.1 Å². The molecule has 4 nitrogen and oxygen atoms in total. The molecule has 1 aliphatic heterocycles. The summed E-state index contributed by atoms with van der Waals surface area (Å²) in [5.74, 6) is 0.296. The van der Waals surface area contributed by atoms with Crippen molar-refractivity contribution in [2.24, 2.45) is 5.73 Å². The summed E-state index contributed by atoms with van der Waals surface area (Å²) in [6.45, 7) is 2.10. The largest absolute Gasteiger partial charge is 0.495 e. The molecule has 4 heteroatoms. The Bertz CT molecular complexity index is 398. The Hall–Kier alpha value is -1.71. The fourth-order valence-electron chi connectivity index (χ4n) is 2.05. The second-order valence-corrected chi connectivity index (χ2v) is 3.95. The van der Waals surface area contributed by atoms with Gasteiger partial charge in [0.15, 0.2) is 0 Å². The minimum atomic E-state index is -0.425. The van der Waals surface area contributed by atoms with Gasteiger partial charge in [0.05, 0.1) is 12.8 Å². The SMILES string of the molecule is COc1cc(C(N)=O)ccc1N1CCCC1. The molecule has 1 fully saturated rings. The minimum absolute atomic E-state index is 0.425. The zero-order chi connectivity index (χ0) is 11.5. The number of ether oxygens (including phenoxy) is 1. The molecular weight excluding hydrogens is 204 g/mol. The molecule has 0 aromatic heterocycles. The summed E-state index contributed by atoms with van der Waals surface area (Å²) < 4.78 is 5.30. The van der Waals surface area contributed by atoms with Crippen LogP contribution in [0.4, 0.5) is 5.69 Å². The molecule has 1 aliphatic rings. The summed E-state index contributed by atoms with van der Waals surface area (Å²) in [7, 11) is 1.61. The van der Waals surface area contributed by atoms with Gasteiger partial charge in [-0.2, -0.15) is 0 Å². The van der Waals surface area contributed by atoms with Crippen LogP contribution in [0.5, 0.6) is 5.75 Å². The van der Waals surface area contributed by atoms with Crippen molar-refractivity contribution in [1.29, 1.82) is 0 Å². The topological polar surface area (TPSA) is 55.6 Å². The molecule has 0 unspecified atom stereocenters. The normalized spacial score (nSPS) is 15.2. The lowest BCUT2D eigenvalue weighted by atomic mass is 10.1. The molecule has 1 amide bonds. The first-order valence-corrected chi connectivity index (χ1v) is 5.45. The maximum absolute atomic E-state index is 11.1. The van der Waals surface area contributed by atoms with Crippen molar-refractivity contribution in [3.8, 4) is 5.75 Å². The first-order chi connectivity index (χ1) is 7.72. The zero-order valence-electron chi connectivity index (χ0n) is 9.40. The van der Waals surface area contributed by atoms with Crippen molar-refractivity contribution in [1.82, 2.24) is 0 Å². The minimum Gasteiger partial charge on any atom is -0.495 e. The van der Waals surface area contributed by atoms with Crippen LogP contribution in [0.1, 0.15) is 23.2 Å². The number of amides is 1. The van der Waals surface area contributed by atoms with E-state index in [4.69, 9.17) is 10.5 Å². The fourth-order valence-corrected chi connectivity index (χ4v) is 2.05. The van der Waals surface area contributed by atoms with E-state index in [1.54, 1.807) is 19.2 Å². The number of nitrogens with zero attached hydrogens (tertiary/aromatic N) is 1. The van der Waals surface area contributed by atoms with E-state index >= 15 is 0 Å². The van der Waals surface area contributed by atoms with E-state index in [1.165, 1.54) is 12.8 Å². The summed E-state index contributed by atoms with van der Waals surface area (Å²) in [6, 6.07) is 5.36. The highest BCUT2D eigenvalue weighted by molar-refractivity contribution is 5.94. The van der Waals surface area contributed by atoms with Gasteiger partial charge < -0.3 is 15.4 Å². The van der Waals surface area contributed by atoms with Gasteiger partial charge in [-0.25, -0.2) is 0 Å². The van der Waals surface area contributed by atoms with Gasteiger partial charge >= 0.3 is 0 Å². The molecule has 1 saturated heterocycles. The highest BCUT2D eigenvalue weighted by Crippen LogP contribution is 2.31. The number of benzene rings is 1. The molecule has 0 saturated carbocycles. The number of hydrogen-bond acceptors (Lipinski definition) is 3. The molecule has 1 aromatic rings. The lowest BCUT2D eigenvalue weighted by Gasteiger charge is -2.20. The average molecular weight is 220 g/mol. The third kappa shape index (κ3) is 1.96. The highest BCUT2D eigenvalue weighted by atomic mass is 16.5. The van der Waals surface area contributed by atoms with Gasteiger partial charge in [-0.05, 0) is 31.0 Å². The van der Waals surface area contributed by atoms with E-state index in [1.807, 2.05) is 6.07 Å². The van der Waals surface area contributed by atoms with Gasteiger partial charge in [-0.15, -0.1) is 0 Å². The number of carbonyl (C=O) groups is 1. The van der Waals surface area contributed by atoms with Crippen molar-refractivity contribution in [3.63, 3.8) is 0 Å². The molecule has 86 valence electrons. The van der Waals surface area contributed by atoms with Crippen LogP contribution in [0.2, 0.25) is 0 Å². The average Bonchev–Trinajstić information content (AvgIpc) is 2.81. The van der Waals surface area contributed by atoms with E-state index in [0.717, 1.165) is 24.5 Å².